The highest BCUT2D eigenvalue weighted by atomic mass is 16.5. The second-order valence-electron chi connectivity index (χ2n) is 8.28. The lowest BCUT2D eigenvalue weighted by atomic mass is 10.1. The Balaban J connectivity index is 1.50. The van der Waals surface area contributed by atoms with Crippen molar-refractivity contribution in [2.75, 3.05) is 46.9 Å². The van der Waals surface area contributed by atoms with Gasteiger partial charge in [-0.2, -0.15) is 0 Å². The molecule has 1 fully saturated rings. The van der Waals surface area contributed by atoms with Gasteiger partial charge >= 0.3 is 0 Å². The van der Waals surface area contributed by atoms with Crippen LogP contribution in [0.4, 0.5) is 0 Å². The van der Waals surface area contributed by atoms with Crippen LogP contribution < -0.4 is 9.47 Å². The van der Waals surface area contributed by atoms with Gasteiger partial charge in [-0.15, -0.1) is 0 Å². The number of likely N-dealkylation sites (N-methyl/N-ethyl adjacent to an activating group) is 1. The quantitative estimate of drug-likeness (QED) is 0.611. The molecule has 30 heavy (non-hydrogen) atoms. The van der Waals surface area contributed by atoms with Gasteiger partial charge in [0, 0.05) is 19.6 Å². The summed E-state index contributed by atoms with van der Waals surface area (Å²) in [5.74, 6) is 1.40. The van der Waals surface area contributed by atoms with Crippen LogP contribution in [0.1, 0.15) is 30.4 Å². The van der Waals surface area contributed by atoms with Gasteiger partial charge in [0.2, 0.25) is 0 Å². The van der Waals surface area contributed by atoms with E-state index in [1.807, 2.05) is 12.1 Å². The van der Waals surface area contributed by atoms with E-state index in [9.17, 15) is 5.11 Å². The number of hydrogen-bond acceptors (Lipinski definition) is 5. The van der Waals surface area contributed by atoms with Crippen LogP contribution in [0.25, 0.3) is 0 Å². The summed E-state index contributed by atoms with van der Waals surface area (Å²) in [5, 5.41) is 10.4. The fourth-order valence-corrected chi connectivity index (χ4v) is 3.97. The van der Waals surface area contributed by atoms with Crippen LogP contribution >= 0.6 is 0 Å². The largest absolute Gasteiger partial charge is 0.493 e. The van der Waals surface area contributed by atoms with Gasteiger partial charge in [-0.3, -0.25) is 0 Å². The molecule has 0 unspecified atom stereocenters. The number of aliphatic hydroxyl groups excluding tert-OH is 1. The van der Waals surface area contributed by atoms with Crippen LogP contribution in [0.2, 0.25) is 0 Å². The monoisotopic (exact) mass is 412 g/mol. The highest BCUT2D eigenvalue weighted by Crippen LogP contribution is 2.28. The number of rotatable bonds is 11. The average Bonchev–Trinajstić information content (AvgIpc) is 2.78. The van der Waals surface area contributed by atoms with Gasteiger partial charge in [-0.1, -0.05) is 42.8 Å². The smallest absolute Gasteiger partial charge is 0.161 e. The van der Waals surface area contributed by atoms with E-state index in [0.29, 0.717) is 18.0 Å². The first-order valence-electron chi connectivity index (χ1n) is 11.1. The van der Waals surface area contributed by atoms with E-state index < -0.39 is 6.10 Å². The van der Waals surface area contributed by atoms with Gasteiger partial charge in [-0.25, -0.2) is 0 Å². The number of methoxy groups -OCH3 is 1. The molecule has 2 aromatic carbocycles. The number of hydrogen-bond donors (Lipinski definition) is 1. The zero-order chi connectivity index (χ0) is 21.2. The molecule has 0 saturated carbocycles. The molecular formula is C25H36N2O3. The zero-order valence-electron chi connectivity index (χ0n) is 18.4. The minimum Gasteiger partial charge on any atom is -0.493 e. The summed E-state index contributed by atoms with van der Waals surface area (Å²) in [5.41, 5.74) is 2.53. The number of piperidine rings is 1. The maximum atomic E-state index is 10.4. The Morgan fingerprint density at radius 1 is 1.00 bits per heavy atom. The van der Waals surface area contributed by atoms with E-state index in [1.165, 1.54) is 30.4 Å². The third-order valence-corrected chi connectivity index (χ3v) is 5.65. The maximum Gasteiger partial charge on any atom is 0.161 e. The number of likely N-dealkylation sites (tertiary alicyclic amines) is 1. The van der Waals surface area contributed by atoms with Gasteiger partial charge < -0.3 is 24.4 Å². The number of benzene rings is 2. The predicted molar refractivity (Wildman–Crippen MR) is 121 cm³/mol. The predicted octanol–water partition coefficient (Wildman–Crippen LogP) is 3.60. The summed E-state index contributed by atoms with van der Waals surface area (Å²) in [6, 6.07) is 16.6. The first-order valence-corrected chi connectivity index (χ1v) is 11.1. The molecule has 0 bridgehead atoms. The van der Waals surface area contributed by atoms with E-state index in [2.05, 4.69) is 53.2 Å². The van der Waals surface area contributed by atoms with Crippen LogP contribution in [0.3, 0.4) is 0 Å². The van der Waals surface area contributed by atoms with Crippen molar-refractivity contribution in [3.63, 3.8) is 0 Å². The van der Waals surface area contributed by atoms with Crippen LogP contribution in [0.5, 0.6) is 11.5 Å². The molecule has 1 N–H and O–H groups in total. The Morgan fingerprint density at radius 2 is 1.77 bits per heavy atom. The Hall–Kier alpha value is -2.08. The lowest BCUT2D eigenvalue weighted by molar-refractivity contribution is 0.0608. The summed E-state index contributed by atoms with van der Waals surface area (Å²) < 4.78 is 11.4. The molecule has 1 saturated heterocycles. The van der Waals surface area contributed by atoms with E-state index in [0.717, 1.165) is 32.6 Å². The molecule has 1 atom stereocenters. The Bertz CT molecular complexity index is 747. The highest BCUT2D eigenvalue weighted by molar-refractivity contribution is 5.43. The Morgan fingerprint density at radius 3 is 2.50 bits per heavy atom. The fourth-order valence-electron chi connectivity index (χ4n) is 3.97. The molecule has 1 aliphatic heterocycles. The molecule has 0 aromatic heterocycles. The minimum absolute atomic E-state index is 0.278. The van der Waals surface area contributed by atoms with Gasteiger partial charge in [0.1, 0.15) is 12.7 Å². The standard InChI is InChI=1S/C25H36N2O3/c1-26(16-13-21-9-5-3-6-10-21)18-22-11-12-24(29-2)25(17-22)30-20-23(28)19-27-14-7-4-8-15-27/h3,5-6,9-12,17,23,28H,4,7-8,13-16,18-20H2,1-2H3/t23-/m0/s1. The second-order valence-corrected chi connectivity index (χ2v) is 8.28. The van der Waals surface area contributed by atoms with Crippen LogP contribution in [0.15, 0.2) is 48.5 Å². The number of aliphatic hydroxyl groups is 1. The lowest BCUT2D eigenvalue weighted by Gasteiger charge is -2.28. The number of β-amino-alcohol motifs (C(OH)–C–C–N with tert-alkyl or cyclic N) is 1. The molecular weight excluding hydrogens is 376 g/mol. The molecule has 1 heterocycles. The van der Waals surface area contributed by atoms with Crippen molar-refractivity contribution in [1.29, 1.82) is 0 Å². The maximum absolute atomic E-state index is 10.4. The van der Waals surface area contributed by atoms with Crippen molar-refractivity contribution >= 4 is 0 Å². The molecule has 0 spiro atoms. The van der Waals surface area contributed by atoms with Gasteiger partial charge in [0.25, 0.3) is 0 Å². The van der Waals surface area contributed by atoms with E-state index >= 15 is 0 Å². The summed E-state index contributed by atoms with van der Waals surface area (Å²) in [6.45, 7) is 4.92. The fraction of sp³-hybridized carbons (Fsp3) is 0.520. The van der Waals surface area contributed by atoms with Crippen LogP contribution in [-0.2, 0) is 13.0 Å². The van der Waals surface area contributed by atoms with Crippen molar-refractivity contribution in [2.45, 2.75) is 38.3 Å². The molecule has 3 rings (SSSR count). The normalized spacial score (nSPS) is 15.9. The SMILES string of the molecule is COc1ccc(CN(C)CCc2ccccc2)cc1OC[C@@H](O)CN1CCCCC1. The summed E-state index contributed by atoms with van der Waals surface area (Å²) in [7, 11) is 3.79. The van der Waals surface area contributed by atoms with Gasteiger partial charge in [0.15, 0.2) is 11.5 Å². The Kier molecular flexibility index (Phi) is 9.00. The first-order chi connectivity index (χ1) is 14.6. The molecule has 1 aliphatic rings. The topological polar surface area (TPSA) is 45.2 Å². The van der Waals surface area contributed by atoms with Gasteiger partial charge in [0.05, 0.1) is 7.11 Å². The van der Waals surface area contributed by atoms with Crippen molar-refractivity contribution < 1.29 is 14.6 Å². The molecule has 0 amide bonds. The van der Waals surface area contributed by atoms with Crippen molar-refractivity contribution in [3.8, 4) is 11.5 Å². The average molecular weight is 413 g/mol. The molecule has 0 aliphatic carbocycles. The lowest BCUT2D eigenvalue weighted by Crippen LogP contribution is -2.38. The van der Waals surface area contributed by atoms with E-state index in [-0.39, 0.29) is 6.61 Å². The third kappa shape index (κ3) is 7.31. The number of nitrogens with zero attached hydrogens (tertiary/aromatic N) is 2. The van der Waals surface area contributed by atoms with E-state index in [1.54, 1.807) is 7.11 Å². The van der Waals surface area contributed by atoms with Crippen LogP contribution in [-0.4, -0.2) is 68.0 Å². The molecule has 0 radical (unpaired) electrons. The Labute approximate surface area is 181 Å². The molecule has 2 aromatic rings. The summed E-state index contributed by atoms with van der Waals surface area (Å²) in [4.78, 5) is 4.64. The van der Waals surface area contributed by atoms with Crippen molar-refractivity contribution in [3.05, 3.63) is 59.7 Å². The number of ether oxygens (including phenoxy) is 2. The summed E-state index contributed by atoms with van der Waals surface area (Å²) in [6.07, 6.45) is 4.28. The van der Waals surface area contributed by atoms with Gasteiger partial charge in [-0.05, 0) is 62.7 Å². The highest BCUT2D eigenvalue weighted by Gasteiger charge is 2.16. The second kappa shape index (κ2) is 11.9. The third-order valence-electron chi connectivity index (χ3n) is 5.65. The molecule has 5 nitrogen and oxygen atoms in total. The summed E-state index contributed by atoms with van der Waals surface area (Å²) >= 11 is 0. The molecule has 164 valence electrons. The molecule has 5 heteroatoms. The zero-order valence-corrected chi connectivity index (χ0v) is 18.4. The van der Waals surface area contributed by atoms with E-state index in [4.69, 9.17) is 9.47 Å². The van der Waals surface area contributed by atoms with Crippen molar-refractivity contribution in [1.82, 2.24) is 9.80 Å². The minimum atomic E-state index is -0.495. The van der Waals surface area contributed by atoms with Crippen molar-refractivity contribution in [2.24, 2.45) is 0 Å². The van der Waals surface area contributed by atoms with Crippen LogP contribution in [0, 0.1) is 0 Å². The first kappa shape index (κ1) is 22.6.